The van der Waals surface area contributed by atoms with E-state index in [1.165, 1.54) is 10.8 Å². The first-order valence-corrected chi connectivity index (χ1v) is 7.01. The lowest BCUT2D eigenvalue weighted by Crippen LogP contribution is -1.96. The first-order chi connectivity index (χ1) is 10.2. The second-order valence-electron chi connectivity index (χ2n) is 5.12. The molecule has 1 heteroatoms. The van der Waals surface area contributed by atoms with E-state index in [1.807, 2.05) is 55.5 Å². The zero-order valence-corrected chi connectivity index (χ0v) is 11.9. The number of ketones is 1. The van der Waals surface area contributed by atoms with Gasteiger partial charge in [0.1, 0.15) is 0 Å². The average Bonchev–Trinajstić information content (AvgIpc) is 2.53. The van der Waals surface area contributed by atoms with E-state index >= 15 is 0 Å². The summed E-state index contributed by atoms with van der Waals surface area (Å²) in [6, 6.07) is 22.1. The molecule has 0 saturated carbocycles. The Morgan fingerprint density at radius 2 is 1.57 bits per heavy atom. The van der Waals surface area contributed by atoms with Crippen molar-refractivity contribution in [3.63, 3.8) is 0 Å². The fourth-order valence-corrected chi connectivity index (χ4v) is 2.42. The van der Waals surface area contributed by atoms with Gasteiger partial charge >= 0.3 is 0 Å². The highest BCUT2D eigenvalue weighted by molar-refractivity contribution is 6.07. The van der Waals surface area contributed by atoms with Crippen LogP contribution in [0.25, 0.3) is 16.8 Å². The SMILES string of the molecule is Cc1ccccc1C(=O)/C=C/c1ccc2ccccc2c1. The lowest BCUT2D eigenvalue weighted by molar-refractivity contribution is 0.104. The molecule has 1 nitrogen and oxygen atoms in total. The van der Waals surface area contributed by atoms with E-state index in [0.29, 0.717) is 0 Å². The number of rotatable bonds is 3. The predicted molar refractivity (Wildman–Crippen MR) is 88.5 cm³/mol. The highest BCUT2D eigenvalue weighted by Crippen LogP contribution is 2.17. The summed E-state index contributed by atoms with van der Waals surface area (Å²) >= 11 is 0. The molecular weight excluding hydrogens is 256 g/mol. The molecule has 0 amide bonds. The number of benzene rings is 3. The third-order valence-electron chi connectivity index (χ3n) is 3.61. The lowest BCUT2D eigenvalue weighted by atomic mass is 10.0. The van der Waals surface area contributed by atoms with Gasteiger partial charge in [-0.05, 0) is 41.0 Å². The minimum Gasteiger partial charge on any atom is -0.289 e. The molecule has 3 aromatic rings. The molecule has 21 heavy (non-hydrogen) atoms. The van der Waals surface area contributed by atoms with Crippen molar-refractivity contribution < 1.29 is 4.79 Å². The molecular formula is C20H16O. The maximum absolute atomic E-state index is 12.2. The first-order valence-electron chi connectivity index (χ1n) is 7.01. The Balaban J connectivity index is 1.87. The van der Waals surface area contributed by atoms with Crippen LogP contribution in [0, 0.1) is 6.92 Å². The van der Waals surface area contributed by atoms with Crippen LogP contribution in [-0.2, 0) is 0 Å². The maximum Gasteiger partial charge on any atom is 0.186 e. The van der Waals surface area contributed by atoms with Crippen molar-refractivity contribution in [2.45, 2.75) is 6.92 Å². The van der Waals surface area contributed by atoms with Gasteiger partial charge in [-0.1, -0.05) is 66.7 Å². The summed E-state index contributed by atoms with van der Waals surface area (Å²) in [7, 11) is 0. The van der Waals surface area contributed by atoms with Crippen LogP contribution in [0.1, 0.15) is 21.5 Å². The molecule has 0 bridgehead atoms. The predicted octanol–water partition coefficient (Wildman–Crippen LogP) is 5.04. The first kappa shape index (κ1) is 13.3. The zero-order chi connectivity index (χ0) is 14.7. The maximum atomic E-state index is 12.2. The number of hydrogen-bond donors (Lipinski definition) is 0. The van der Waals surface area contributed by atoms with Crippen LogP contribution in [0.3, 0.4) is 0 Å². The molecule has 0 aromatic heterocycles. The van der Waals surface area contributed by atoms with Gasteiger partial charge in [0.2, 0.25) is 0 Å². The van der Waals surface area contributed by atoms with Crippen molar-refractivity contribution >= 4 is 22.6 Å². The van der Waals surface area contributed by atoms with Crippen LogP contribution < -0.4 is 0 Å². The van der Waals surface area contributed by atoms with E-state index in [1.54, 1.807) is 6.08 Å². The molecule has 0 aliphatic carbocycles. The molecule has 0 aliphatic rings. The van der Waals surface area contributed by atoms with Crippen LogP contribution in [0.4, 0.5) is 0 Å². The van der Waals surface area contributed by atoms with Gasteiger partial charge in [-0.3, -0.25) is 4.79 Å². The van der Waals surface area contributed by atoms with Crippen molar-refractivity contribution in [1.82, 2.24) is 0 Å². The number of aryl methyl sites for hydroxylation is 1. The number of carbonyl (C=O) groups is 1. The van der Waals surface area contributed by atoms with Gasteiger partial charge in [0.25, 0.3) is 0 Å². The van der Waals surface area contributed by atoms with E-state index in [-0.39, 0.29) is 5.78 Å². The topological polar surface area (TPSA) is 17.1 Å². The van der Waals surface area contributed by atoms with Gasteiger partial charge in [-0.2, -0.15) is 0 Å². The number of carbonyl (C=O) groups excluding carboxylic acids is 1. The molecule has 3 aromatic carbocycles. The van der Waals surface area contributed by atoms with Gasteiger partial charge < -0.3 is 0 Å². The molecule has 0 saturated heterocycles. The van der Waals surface area contributed by atoms with Gasteiger partial charge in [-0.25, -0.2) is 0 Å². The van der Waals surface area contributed by atoms with E-state index in [2.05, 4.69) is 24.3 Å². The van der Waals surface area contributed by atoms with E-state index in [9.17, 15) is 4.79 Å². The van der Waals surface area contributed by atoms with Crippen molar-refractivity contribution in [2.24, 2.45) is 0 Å². The summed E-state index contributed by atoms with van der Waals surface area (Å²) < 4.78 is 0. The summed E-state index contributed by atoms with van der Waals surface area (Å²) in [5.74, 6) is 0.0428. The smallest absolute Gasteiger partial charge is 0.186 e. The quantitative estimate of drug-likeness (QED) is 0.482. The molecule has 0 atom stereocenters. The minimum atomic E-state index is 0.0428. The summed E-state index contributed by atoms with van der Waals surface area (Å²) in [5.41, 5.74) is 2.80. The van der Waals surface area contributed by atoms with Crippen LogP contribution in [0.2, 0.25) is 0 Å². The fraction of sp³-hybridized carbons (Fsp3) is 0.0500. The van der Waals surface area contributed by atoms with E-state index in [0.717, 1.165) is 16.7 Å². The summed E-state index contributed by atoms with van der Waals surface area (Å²) in [6.45, 7) is 1.96. The molecule has 0 fully saturated rings. The number of hydrogen-bond acceptors (Lipinski definition) is 1. The Kier molecular flexibility index (Phi) is 3.65. The second kappa shape index (κ2) is 5.76. The van der Waals surface area contributed by atoms with Gasteiger partial charge in [0, 0.05) is 5.56 Å². The van der Waals surface area contributed by atoms with Crippen molar-refractivity contribution in [3.8, 4) is 0 Å². The molecule has 0 unspecified atom stereocenters. The monoisotopic (exact) mass is 272 g/mol. The highest BCUT2D eigenvalue weighted by atomic mass is 16.1. The molecule has 0 heterocycles. The summed E-state index contributed by atoms with van der Waals surface area (Å²) in [4.78, 5) is 12.2. The minimum absolute atomic E-state index is 0.0428. The van der Waals surface area contributed by atoms with Crippen LogP contribution in [0.15, 0.2) is 72.8 Å². The zero-order valence-electron chi connectivity index (χ0n) is 11.9. The van der Waals surface area contributed by atoms with Gasteiger partial charge in [-0.15, -0.1) is 0 Å². The van der Waals surface area contributed by atoms with Gasteiger partial charge in [0.15, 0.2) is 5.78 Å². The average molecular weight is 272 g/mol. The Morgan fingerprint density at radius 1 is 0.857 bits per heavy atom. The van der Waals surface area contributed by atoms with Crippen LogP contribution in [0.5, 0.6) is 0 Å². The van der Waals surface area contributed by atoms with E-state index in [4.69, 9.17) is 0 Å². The summed E-state index contributed by atoms with van der Waals surface area (Å²) in [5, 5.41) is 2.39. The third-order valence-corrected chi connectivity index (χ3v) is 3.61. The molecule has 0 spiro atoms. The Bertz CT molecular complexity index is 828. The largest absolute Gasteiger partial charge is 0.289 e. The molecule has 0 N–H and O–H groups in total. The van der Waals surface area contributed by atoms with Crippen molar-refractivity contribution in [3.05, 3.63) is 89.5 Å². The third kappa shape index (κ3) is 2.92. The molecule has 102 valence electrons. The Morgan fingerprint density at radius 3 is 2.38 bits per heavy atom. The highest BCUT2D eigenvalue weighted by Gasteiger charge is 2.04. The second-order valence-corrected chi connectivity index (χ2v) is 5.12. The number of allylic oxidation sites excluding steroid dienone is 1. The van der Waals surface area contributed by atoms with Gasteiger partial charge in [0.05, 0.1) is 0 Å². The normalized spacial score (nSPS) is 11.1. The standard InChI is InChI=1S/C20H16O/c1-15-6-2-5-9-19(15)20(21)13-11-16-10-12-17-7-3-4-8-18(17)14-16/h2-14H,1H3/b13-11+. The van der Waals surface area contributed by atoms with E-state index < -0.39 is 0 Å². The molecule has 3 rings (SSSR count). The fourth-order valence-electron chi connectivity index (χ4n) is 2.42. The van der Waals surface area contributed by atoms with Crippen LogP contribution in [-0.4, -0.2) is 5.78 Å². The Hall–Kier alpha value is -2.67. The molecule has 0 radical (unpaired) electrons. The van der Waals surface area contributed by atoms with Crippen molar-refractivity contribution in [2.75, 3.05) is 0 Å². The van der Waals surface area contributed by atoms with Crippen molar-refractivity contribution in [1.29, 1.82) is 0 Å². The lowest BCUT2D eigenvalue weighted by Gasteiger charge is -2.01. The molecule has 0 aliphatic heterocycles. The van der Waals surface area contributed by atoms with Crippen LogP contribution >= 0.6 is 0 Å². The Labute approximate surface area is 124 Å². The summed E-state index contributed by atoms with van der Waals surface area (Å²) in [6.07, 6.45) is 3.52. The number of fused-ring (bicyclic) bond motifs is 1.